The SMILES string of the molecule is O=P(O)(Cl)Cl.OCC(O)c1cc(F)cc(F)c1. The lowest BCUT2D eigenvalue weighted by Crippen LogP contribution is -2.03. The molecule has 1 aromatic rings. The Labute approximate surface area is 105 Å². The van der Waals surface area contributed by atoms with Crippen LogP contribution in [0.2, 0.25) is 0 Å². The lowest BCUT2D eigenvalue weighted by Gasteiger charge is -2.06. The zero-order chi connectivity index (χ0) is 13.6. The second kappa shape index (κ2) is 7.26. The Kier molecular flexibility index (Phi) is 7.16. The molecule has 0 bridgehead atoms. The van der Waals surface area contributed by atoms with Crippen LogP contribution in [0.1, 0.15) is 11.7 Å². The first-order chi connectivity index (χ1) is 7.63. The van der Waals surface area contributed by atoms with E-state index in [0.29, 0.717) is 6.07 Å². The maximum absolute atomic E-state index is 12.5. The molecule has 17 heavy (non-hydrogen) atoms. The van der Waals surface area contributed by atoms with Crippen LogP contribution in [-0.4, -0.2) is 21.7 Å². The molecule has 0 saturated heterocycles. The summed E-state index contributed by atoms with van der Waals surface area (Å²) in [6.07, 6.45) is -4.92. The van der Waals surface area contributed by atoms with Crippen LogP contribution < -0.4 is 0 Å². The number of aliphatic hydroxyl groups is 2. The monoisotopic (exact) mass is 308 g/mol. The van der Waals surface area contributed by atoms with Crippen LogP contribution in [0.4, 0.5) is 8.78 Å². The molecule has 0 spiro atoms. The predicted molar refractivity (Wildman–Crippen MR) is 59.9 cm³/mol. The van der Waals surface area contributed by atoms with Gasteiger partial charge in [-0.3, -0.25) is 4.57 Å². The van der Waals surface area contributed by atoms with E-state index >= 15 is 0 Å². The largest absolute Gasteiger partial charge is 0.393 e. The molecule has 0 amide bonds. The molecule has 0 saturated carbocycles. The first-order valence-corrected chi connectivity index (χ1v) is 7.57. The topological polar surface area (TPSA) is 77.8 Å². The molecule has 0 aliphatic rings. The van der Waals surface area contributed by atoms with Crippen LogP contribution in [-0.2, 0) is 4.57 Å². The van der Waals surface area contributed by atoms with Gasteiger partial charge < -0.3 is 15.1 Å². The Morgan fingerprint density at radius 2 is 1.59 bits per heavy atom. The summed E-state index contributed by atoms with van der Waals surface area (Å²) in [7, 11) is 0. The molecular weight excluding hydrogens is 300 g/mol. The molecule has 0 heterocycles. The van der Waals surface area contributed by atoms with Gasteiger partial charge in [-0.25, -0.2) is 8.78 Å². The van der Waals surface area contributed by atoms with E-state index in [1.54, 1.807) is 0 Å². The van der Waals surface area contributed by atoms with Crippen molar-refractivity contribution < 1.29 is 28.5 Å². The van der Waals surface area contributed by atoms with Gasteiger partial charge in [-0.05, 0) is 40.2 Å². The van der Waals surface area contributed by atoms with Crippen molar-refractivity contribution in [3.63, 3.8) is 0 Å². The summed E-state index contributed by atoms with van der Waals surface area (Å²) in [6, 6.07) is 2.65. The molecule has 9 heteroatoms. The molecule has 0 fully saturated rings. The zero-order valence-corrected chi connectivity index (χ0v) is 10.6. The minimum absolute atomic E-state index is 0.0370. The minimum Gasteiger partial charge on any atom is -0.393 e. The molecule has 1 rings (SSSR count). The second-order valence-corrected chi connectivity index (χ2v) is 6.97. The van der Waals surface area contributed by atoms with Crippen LogP contribution >= 0.6 is 28.6 Å². The van der Waals surface area contributed by atoms with Crippen molar-refractivity contribution >= 4 is 28.6 Å². The van der Waals surface area contributed by atoms with Crippen molar-refractivity contribution in [3.05, 3.63) is 35.4 Å². The molecule has 0 aliphatic carbocycles. The number of hydrogen-bond acceptors (Lipinski definition) is 3. The van der Waals surface area contributed by atoms with Gasteiger partial charge in [-0.1, -0.05) is 0 Å². The number of halogens is 4. The van der Waals surface area contributed by atoms with Crippen LogP contribution in [0.5, 0.6) is 0 Å². The van der Waals surface area contributed by atoms with E-state index in [-0.39, 0.29) is 5.56 Å². The van der Waals surface area contributed by atoms with Crippen molar-refractivity contribution in [2.45, 2.75) is 6.10 Å². The lowest BCUT2D eigenvalue weighted by molar-refractivity contribution is 0.0951. The Balaban J connectivity index is 0.000000437. The Bertz CT molecular complexity index is 384. The molecule has 0 aromatic heterocycles. The number of rotatable bonds is 2. The number of benzene rings is 1. The zero-order valence-electron chi connectivity index (χ0n) is 8.23. The van der Waals surface area contributed by atoms with Crippen LogP contribution in [0.25, 0.3) is 0 Å². The summed E-state index contributed by atoms with van der Waals surface area (Å²) in [5.41, 5.74) is 0.0370. The predicted octanol–water partition coefficient (Wildman–Crippen LogP) is 2.55. The molecular formula is C8H9Cl2F2O4P. The lowest BCUT2D eigenvalue weighted by atomic mass is 10.1. The molecule has 98 valence electrons. The molecule has 1 unspecified atom stereocenters. The van der Waals surface area contributed by atoms with Gasteiger partial charge in [0.2, 0.25) is 0 Å². The molecule has 0 radical (unpaired) electrons. The first kappa shape index (κ1) is 16.8. The first-order valence-electron chi connectivity index (χ1n) is 4.10. The summed E-state index contributed by atoms with van der Waals surface area (Å²) in [6.45, 7) is -0.553. The summed E-state index contributed by atoms with van der Waals surface area (Å²) < 4.78 is 34.3. The van der Waals surface area contributed by atoms with E-state index in [4.69, 9.17) is 15.1 Å². The summed E-state index contributed by atoms with van der Waals surface area (Å²) in [5, 5.41) is 17.5. The smallest absolute Gasteiger partial charge is 0.377 e. The highest BCUT2D eigenvalue weighted by Crippen LogP contribution is 2.51. The van der Waals surface area contributed by atoms with Gasteiger partial charge >= 0.3 is 6.07 Å². The summed E-state index contributed by atoms with van der Waals surface area (Å²) >= 11 is 8.81. The highest BCUT2D eigenvalue weighted by Gasteiger charge is 2.08. The summed E-state index contributed by atoms with van der Waals surface area (Å²) in [4.78, 5) is 7.61. The molecule has 1 atom stereocenters. The molecule has 4 nitrogen and oxygen atoms in total. The Morgan fingerprint density at radius 1 is 1.24 bits per heavy atom. The van der Waals surface area contributed by atoms with Gasteiger partial charge in [0.05, 0.1) is 6.61 Å². The van der Waals surface area contributed by atoms with E-state index in [0.717, 1.165) is 12.1 Å². The standard InChI is InChI=1S/C8H8F2O2.Cl2HO2P/c9-6-1-5(8(12)4-11)2-7(10)3-6;1-5(2,3)4/h1-3,8,11-12H,4H2;(H,3,4). The number of hydrogen-bond donors (Lipinski definition) is 3. The van der Waals surface area contributed by atoms with Gasteiger partial charge in [-0.15, -0.1) is 0 Å². The maximum atomic E-state index is 12.5. The van der Waals surface area contributed by atoms with E-state index in [1.165, 1.54) is 0 Å². The fraction of sp³-hybridized carbons (Fsp3) is 0.250. The average Bonchev–Trinajstić information content (AvgIpc) is 2.12. The van der Waals surface area contributed by atoms with Crippen molar-refractivity contribution in [3.8, 4) is 0 Å². The Morgan fingerprint density at radius 3 is 1.88 bits per heavy atom. The third-order valence-corrected chi connectivity index (χ3v) is 1.44. The molecule has 0 aliphatic heterocycles. The highest BCUT2D eigenvalue weighted by atomic mass is 35.9. The number of aliphatic hydroxyl groups excluding tert-OH is 2. The third-order valence-electron chi connectivity index (χ3n) is 1.44. The fourth-order valence-electron chi connectivity index (χ4n) is 0.873. The molecule has 3 N–H and O–H groups in total. The van der Waals surface area contributed by atoms with Gasteiger partial charge in [0.25, 0.3) is 0 Å². The van der Waals surface area contributed by atoms with Gasteiger partial charge in [0.1, 0.15) is 17.7 Å². The van der Waals surface area contributed by atoms with E-state index in [1.807, 2.05) is 0 Å². The molecule has 1 aromatic carbocycles. The van der Waals surface area contributed by atoms with Crippen LogP contribution in [0, 0.1) is 11.6 Å². The quantitative estimate of drug-likeness (QED) is 0.734. The normalized spacial score (nSPS) is 12.6. The maximum Gasteiger partial charge on any atom is 0.377 e. The van der Waals surface area contributed by atoms with E-state index in [9.17, 15) is 13.3 Å². The van der Waals surface area contributed by atoms with Crippen LogP contribution in [0.15, 0.2) is 18.2 Å². The van der Waals surface area contributed by atoms with Crippen molar-refractivity contribution in [1.29, 1.82) is 0 Å². The third kappa shape index (κ3) is 9.47. The minimum atomic E-state index is -3.69. The van der Waals surface area contributed by atoms with Crippen molar-refractivity contribution in [1.82, 2.24) is 0 Å². The van der Waals surface area contributed by atoms with Crippen LogP contribution in [0.3, 0.4) is 0 Å². The summed E-state index contributed by atoms with van der Waals surface area (Å²) in [5.74, 6) is -1.53. The van der Waals surface area contributed by atoms with Gasteiger partial charge in [0.15, 0.2) is 0 Å². The Hall–Kier alpha value is -0.230. The van der Waals surface area contributed by atoms with Crippen molar-refractivity contribution in [2.75, 3.05) is 6.61 Å². The fourth-order valence-corrected chi connectivity index (χ4v) is 0.873. The average molecular weight is 309 g/mol. The second-order valence-electron chi connectivity index (χ2n) is 2.84. The highest BCUT2D eigenvalue weighted by molar-refractivity contribution is 8.04. The van der Waals surface area contributed by atoms with Gasteiger partial charge in [0, 0.05) is 6.07 Å². The van der Waals surface area contributed by atoms with Crippen molar-refractivity contribution in [2.24, 2.45) is 0 Å². The van der Waals surface area contributed by atoms with E-state index < -0.39 is 30.4 Å². The van der Waals surface area contributed by atoms with E-state index in [2.05, 4.69) is 22.5 Å². The van der Waals surface area contributed by atoms with Gasteiger partial charge in [-0.2, -0.15) is 0 Å².